The van der Waals surface area contributed by atoms with Crippen molar-refractivity contribution in [3.63, 3.8) is 0 Å². The lowest BCUT2D eigenvalue weighted by atomic mass is 9.96. The second-order valence-corrected chi connectivity index (χ2v) is 8.23. The Bertz CT molecular complexity index is 670. The molecule has 0 heterocycles. The molecule has 0 spiro atoms. The molecule has 2 rings (SSSR count). The summed E-state index contributed by atoms with van der Waals surface area (Å²) in [6, 6.07) is 18.2. The average molecular weight is 372 g/mol. The third-order valence-corrected chi connectivity index (χ3v) is 5.47. The number of thioether (sulfide) groups is 1. The van der Waals surface area contributed by atoms with E-state index in [1.807, 2.05) is 49.4 Å². The lowest BCUT2D eigenvalue weighted by Gasteiger charge is -2.23. The molecule has 1 amide bonds. The highest BCUT2D eigenvalue weighted by Gasteiger charge is 2.20. The monoisotopic (exact) mass is 371 g/mol. The molecule has 0 aliphatic carbocycles. The van der Waals surface area contributed by atoms with E-state index < -0.39 is 0 Å². The van der Waals surface area contributed by atoms with Crippen molar-refractivity contribution >= 4 is 17.7 Å². The maximum Gasteiger partial charge on any atom is 0.233 e. The van der Waals surface area contributed by atoms with Crippen LogP contribution in [0.25, 0.3) is 0 Å². The van der Waals surface area contributed by atoms with Gasteiger partial charge in [0.25, 0.3) is 0 Å². The molecule has 0 aliphatic rings. The molecule has 2 atom stereocenters. The predicted molar refractivity (Wildman–Crippen MR) is 111 cm³/mol. The molecule has 0 radical (unpaired) electrons. The minimum absolute atomic E-state index is 0.0215. The van der Waals surface area contributed by atoms with Crippen LogP contribution < -0.4 is 10.1 Å². The topological polar surface area (TPSA) is 38.3 Å². The molecular weight excluding hydrogens is 342 g/mol. The van der Waals surface area contributed by atoms with Crippen molar-refractivity contribution in [3.8, 4) is 5.75 Å². The number of rotatable bonds is 9. The molecule has 4 heteroatoms. The summed E-state index contributed by atoms with van der Waals surface area (Å²) in [5.41, 5.74) is 2.36. The van der Waals surface area contributed by atoms with E-state index in [1.54, 1.807) is 18.9 Å². The molecule has 0 bridgehead atoms. The van der Waals surface area contributed by atoms with Crippen molar-refractivity contribution in [2.45, 2.75) is 44.2 Å². The fourth-order valence-electron chi connectivity index (χ4n) is 2.75. The summed E-state index contributed by atoms with van der Waals surface area (Å²) in [5, 5.41) is 3.14. The van der Waals surface area contributed by atoms with Gasteiger partial charge in [0.05, 0.1) is 18.4 Å². The minimum Gasteiger partial charge on any atom is -0.497 e. The molecule has 3 nitrogen and oxygen atoms in total. The standard InChI is InChI=1S/C22H29NO2S/c1-16(2)14-21(19-10-12-20(25-4)13-11-19)23-22(24)17(3)26-15-18-8-6-5-7-9-18/h5-13,16-17,21H,14-15H2,1-4H3,(H,23,24)/t17-,21+/m1/s1. The predicted octanol–water partition coefficient (Wildman–Crippen LogP) is 5.22. The fourth-order valence-corrected chi connectivity index (χ4v) is 3.60. The van der Waals surface area contributed by atoms with Gasteiger partial charge in [0.2, 0.25) is 5.91 Å². The van der Waals surface area contributed by atoms with Gasteiger partial charge in [-0.15, -0.1) is 11.8 Å². The number of amides is 1. The Kier molecular flexibility index (Phi) is 8.05. The van der Waals surface area contributed by atoms with Crippen molar-refractivity contribution < 1.29 is 9.53 Å². The molecule has 0 saturated carbocycles. The van der Waals surface area contributed by atoms with Crippen LogP contribution in [0.4, 0.5) is 0 Å². The van der Waals surface area contributed by atoms with Gasteiger partial charge in [-0.25, -0.2) is 0 Å². The number of nitrogens with one attached hydrogen (secondary N) is 1. The quantitative estimate of drug-likeness (QED) is 0.657. The Balaban J connectivity index is 1.98. The summed E-state index contributed by atoms with van der Waals surface area (Å²) in [6.07, 6.45) is 0.911. The lowest BCUT2D eigenvalue weighted by molar-refractivity contribution is -0.121. The van der Waals surface area contributed by atoms with E-state index in [0.29, 0.717) is 5.92 Å². The highest BCUT2D eigenvalue weighted by molar-refractivity contribution is 7.99. The molecule has 140 valence electrons. The summed E-state index contributed by atoms with van der Waals surface area (Å²) in [7, 11) is 1.66. The molecule has 1 N–H and O–H groups in total. The second kappa shape index (κ2) is 10.3. The maximum atomic E-state index is 12.7. The molecule has 0 unspecified atom stereocenters. The zero-order valence-electron chi connectivity index (χ0n) is 16.1. The van der Waals surface area contributed by atoms with Crippen LogP contribution in [0, 0.1) is 5.92 Å². The number of carbonyl (C=O) groups excluding carboxylic acids is 1. The summed E-state index contributed by atoms with van der Waals surface area (Å²) in [5.74, 6) is 2.25. The molecular formula is C22H29NO2S. The number of methoxy groups -OCH3 is 1. The van der Waals surface area contributed by atoms with E-state index in [1.165, 1.54) is 5.56 Å². The van der Waals surface area contributed by atoms with Crippen molar-refractivity contribution in [1.29, 1.82) is 0 Å². The Hall–Kier alpha value is -1.94. The fraction of sp³-hybridized carbons (Fsp3) is 0.409. The first-order valence-corrected chi connectivity index (χ1v) is 10.1. The van der Waals surface area contributed by atoms with E-state index >= 15 is 0 Å². The molecule has 2 aromatic carbocycles. The SMILES string of the molecule is COc1ccc([C@H](CC(C)C)NC(=O)[C@@H](C)SCc2ccccc2)cc1. The number of benzene rings is 2. The van der Waals surface area contributed by atoms with Gasteiger partial charge in [-0.2, -0.15) is 0 Å². The third-order valence-electron chi connectivity index (χ3n) is 4.25. The first-order valence-electron chi connectivity index (χ1n) is 9.09. The zero-order valence-corrected chi connectivity index (χ0v) is 16.9. The average Bonchev–Trinajstić information content (AvgIpc) is 2.66. The first kappa shape index (κ1) is 20.4. The van der Waals surface area contributed by atoms with Crippen LogP contribution >= 0.6 is 11.8 Å². The maximum absolute atomic E-state index is 12.7. The van der Waals surface area contributed by atoms with Crippen LogP contribution in [-0.4, -0.2) is 18.3 Å². The smallest absolute Gasteiger partial charge is 0.233 e. The van der Waals surface area contributed by atoms with Gasteiger partial charge < -0.3 is 10.1 Å². The van der Waals surface area contributed by atoms with Gasteiger partial charge in [0.1, 0.15) is 5.75 Å². The second-order valence-electron chi connectivity index (χ2n) is 6.90. The van der Waals surface area contributed by atoms with E-state index in [0.717, 1.165) is 23.5 Å². The van der Waals surface area contributed by atoms with Crippen LogP contribution in [0.15, 0.2) is 54.6 Å². The zero-order chi connectivity index (χ0) is 18.9. The van der Waals surface area contributed by atoms with Gasteiger partial charge in [-0.1, -0.05) is 56.3 Å². The molecule has 0 aliphatic heterocycles. The van der Waals surface area contributed by atoms with Crippen LogP contribution in [0.2, 0.25) is 0 Å². The van der Waals surface area contributed by atoms with Crippen LogP contribution in [0.1, 0.15) is 44.4 Å². The van der Waals surface area contributed by atoms with E-state index in [4.69, 9.17) is 4.74 Å². The van der Waals surface area contributed by atoms with E-state index in [-0.39, 0.29) is 17.2 Å². The highest BCUT2D eigenvalue weighted by Crippen LogP contribution is 2.25. The van der Waals surface area contributed by atoms with Gasteiger partial charge >= 0.3 is 0 Å². The molecule has 0 saturated heterocycles. The molecule has 0 aromatic heterocycles. The third kappa shape index (κ3) is 6.41. The van der Waals surface area contributed by atoms with Gasteiger partial charge in [0.15, 0.2) is 0 Å². The summed E-state index contributed by atoms with van der Waals surface area (Å²) in [6.45, 7) is 6.33. The Morgan fingerprint density at radius 2 is 1.69 bits per heavy atom. The normalized spacial score (nSPS) is 13.3. The number of ether oxygens (including phenoxy) is 1. The van der Waals surface area contributed by atoms with Crippen LogP contribution in [0.3, 0.4) is 0 Å². The number of hydrogen-bond acceptors (Lipinski definition) is 3. The van der Waals surface area contributed by atoms with Crippen LogP contribution in [0.5, 0.6) is 5.75 Å². The Labute approximate surface area is 161 Å². The van der Waals surface area contributed by atoms with E-state index in [9.17, 15) is 4.79 Å². The van der Waals surface area contributed by atoms with Gasteiger partial charge in [0, 0.05) is 5.75 Å². The molecule has 0 fully saturated rings. The molecule has 26 heavy (non-hydrogen) atoms. The minimum atomic E-state index is -0.0943. The largest absolute Gasteiger partial charge is 0.497 e. The summed E-state index contributed by atoms with van der Waals surface area (Å²) in [4.78, 5) is 12.7. The van der Waals surface area contributed by atoms with Crippen molar-refractivity contribution in [3.05, 3.63) is 65.7 Å². The van der Waals surface area contributed by atoms with Crippen molar-refractivity contribution in [1.82, 2.24) is 5.32 Å². The van der Waals surface area contributed by atoms with Crippen molar-refractivity contribution in [2.75, 3.05) is 7.11 Å². The molecule has 2 aromatic rings. The van der Waals surface area contributed by atoms with Crippen LogP contribution in [-0.2, 0) is 10.5 Å². The highest BCUT2D eigenvalue weighted by atomic mass is 32.2. The van der Waals surface area contributed by atoms with Gasteiger partial charge in [-0.05, 0) is 42.5 Å². The van der Waals surface area contributed by atoms with Crippen molar-refractivity contribution in [2.24, 2.45) is 5.92 Å². The number of hydrogen-bond donors (Lipinski definition) is 1. The summed E-state index contributed by atoms with van der Waals surface area (Å²) < 4.78 is 5.23. The Morgan fingerprint density at radius 1 is 1.04 bits per heavy atom. The van der Waals surface area contributed by atoms with E-state index in [2.05, 4.69) is 31.3 Å². The van der Waals surface area contributed by atoms with Gasteiger partial charge in [-0.3, -0.25) is 4.79 Å². The first-order chi connectivity index (χ1) is 12.5. The Morgan fingerprint density at radius 3 is 2.27 bits per heavy atom. The number of carbonyl (C=O) groups is 1. The summed E-state index contributed by atoms with van der Waals surface area (Å²) >= 11 is 1.67. The lowest BCUT2D eigenvalue weighted by Crippen LogP contribution is -2.35.